The fourth-order valence-electron chi connectivity index (χ4n) is 3.68. The van der Waals surface area contributed by atoms with Crippen LogP contribution in [0.25, 0.3) is 5.69 Å². The Kier molecular flexibility index (Phi) is 7.05. The zero-order valence-electron chi connectivity index (χ0n) is 19.5. The third-order valence-electron chi connectivity index (χ3n) is 5.23. The number of imidazole rings is 1. The molecular formula is C24H21F6N5O2. The maximum Gasteiger partial charge on any atom is 0.573 e. The molecule has 1 atom stereocenters. The predicted octanol–water partition coefficient (Wildman–Crippen LogP) is 6.23. The van der Waals surface area contributed by atoms with Crippen LogP contribution < -0.4 is 20.1 Å². The average molecular weight is 525 g/mol. The zero-order valence-corrected chi connectivity index (χ0v) is 19.5. The number of dihydropyridines is 1. The number of benzene rings is 2. The van der Waals surface area contributed by atoms with Crippen LogP contribution in [0.4, 0.5) is 37.7 Å². The third kappa shape index (κ3) is 6.74. The van der Waals surface area contributed by atoms with Gasteiger partial charge in [-0.25, -0.2) is 9.98 Å². The number of hydrogen-bond acceptors (Lipinski definition) is 6. The van der Waals surface area contributed by atoms with Gasteiger partial charge >= 0.3 is 12.5 Å². The molecule has 196 valence electrons. The number of nitrogens with one attached hydrogen (secondary N) is 2. The largest absolute Gasteiger partial charge is 0.573 e. The van der Waals surface area contributed by atoms with Gasteiger partial charge in [-0.05, 0) is 37.3 Å². The normalized spacial score (nSPS) is 16.1. The summed E-state index contributed by atoms with van der Waals surface area (Å²) in [4.78, 5) is 8.45. The van der Waals surface area contributed by atoms with Crippen LogP contribution in [0.3, 0.4) is 0 Å². The van der Waals surface area contributed by atoms with E-state index in [0.717, 1.165) is 23.9 Å². The number of methoxy groups -OCH3 is 1. The molecule has 13 heteroatoms. The highest BCUT2D eigenvalue weighted by Gasteiger charge is 2.37. The molecule has 3 aromatic rings. The minimum atomic E-state index is -4.91. The van der Waals surface area contributed by atoms with Crippen LogP contribution in [-0.2, 0) is 0 Å². The van der Waals surface area contributed by atoms with Gasteiger partial charge in [0.1, 0.15) is 23.5 Å². The fraction of sp³-hybridized carbons (Fsp3) is 0.250. The van der Waals surface area contributed by atoms with Gasteiger partial charge in [0.15, 0.2) is 0 Å². The first-order chi connectivity index (χ1) is 17.4. The lowest BCUT2D eigenvalue weighted by Gasteiger charge is -2.25. The number of alkyl halides is 6. The molecule has 1 aliphatic heterocycles. The Morgan fingerprint density at radius 1 is 1.03 bits per heavy atom. The SMILES string of the molecule is COc1cc(NC2CC(C(F)(F)F)=CC(Nc3cccc(OC(F)(F)F)c3)=N2)ccc1-n1cnc(C)c1. The number of nitrogens with zero attached hydrogens (tertiary/aromatic N) is 3. The minimum absolute atomic E-state index is 0.0700. The Balaban J connectivity index is 1.58. The van der Waals surface area contributed by atoms with E-state index in [-0.39, 0.29) is 11.5 Å². The van der Waals surface area contributed by atoms with Crippen LogP contribution in [0, 0.1) is 6.92 Å². The summed E-state index contributed by atoms with van der Waals surface area (Å²) in [7, 11) is 1.47. The van der Waals surface area contributed by atoms with Gasteiger partial charge in [0.25, 0.3) is 0 Å². The van der Waals surface area contributed by atoms with Crippen LogP contribution in [-0.4, -0.2) is 41.2 Å². The van der Waals surface area contributed by atoms with E-state index in [1.165, 1.54) is 19.2 Å². The van der Waals surface area contributed by atoms with Gasteiger partial charge in [-0.2, -0.15) is 13.2 Å². The number of ether oxygens (including phenoxy) is 2. The molecule has 4 rings (SSSR count). The topological polar surface area (TPSA) is 72.7 Å². The van der Waals surface area contributed by atoms with Gasteiger partial charge in [-0.3, -0.25) is 0 Å². The smallest absolute Gasteiger partial charge is 0.494 e. The molecular weight excluding hydrogens is 504 g/mol. The second-order valence-electron chi connectivity index (χ2n) is 8.06. The molecule has 0 amide bonds. The molecule has 1 aliphatic rings. The lowest BCUT2D eigenvalue weighted by Crippen LogP contribution is -2.30. The predicted molar refractivity (Wildman–Crippen MR) is 125 cm³/mol. The van der Waals surface area contributed by atoms with E-state index in [1.807, 2.05) is 6.92 Å². The van der Waals surface area contributed by atoms with Crippen molar-refractivity contribution in [1.82, 2.24) is 9.55 Å². The van der Waals surface area contributed by atoms with Gasteiger partial charge in [0.05, 0.1) is 24.8 Å². The summed E-state index contributed by atoms with van der Waals surface area (Å²) < 4.78 is 89.5. The number of anilines is 2. The van der Waals surface area contributed by atoms with E-state index < -0.39 is 36.4 Å². The van der Waals surface area contributed by atoms with E-state index in [2.05, 4.69) is 25.3 Å². The standard InChI is InChI=1S/C24H21F6N5O2/c1-14-12-35(13-31-14)19-7-6-17(11-20(19)36-2)33-22-9-15(23(25,26)27)8-21(34-22)32-16-4-3-5-18(10-16)37-24(28,29)30/h3-8,10-13,22,33H,9H2,1-2H3,(H,32,34). The first kappa shape index (κ1) is 25.9. The molecule has 2 aromatic carbocycles. The number of aromatic nitrogens is 2. The highest BCUT2D eigenvalue weighted by atomic mass is 19.4. The molecule has 1 unspecified atom stereocenters. The summed E-state index contributed by atoms with van der Waals surface area (Å²) in [5.74, 6) is -0.254. The summed E-state index contributed by atoms with van der Waals surface area (Å²) in [6, 6.07) is 9.75. The van der Waals surface area contributed by atoms with Crippen LogP contribution in [0.15, 0.2) is 71.6 Å². The first-order valence-electron chi connectivity index (χ1n) is 10.8. The second-order valence-corrected chi connectivity index (χ2v) is 8.06. The van der Waals surface area contributed by atoms with Crippen molar-refractivity contribution in [2.45, 2.75) is 32.0 Å². The highest BCUT2D eigenvalue weighted by Crippen LogP contribution is 2.34. The third-order valence-corrected chi connectivity index (χ3v) is 5.23. The van der Waals surface area contributed by atoms with E-state index >= 15 is 0 Å². The number of hydrogen-bond donors (Lipinski definition) is 2. The lowest BCUT2D eigenvalue weighted by atomic mass is 10.1. The van der Waals surface area contributed by atoms with Crippen molar-refractivity contribution < 1.29 is 35.8 Å². The molecule has 37 heavy (non-hydrogen) atoms. The van der Waals surface area contributed by atoms with Crippen molar-refractivity contribution >= 4 is 17.2 Å². The Hall–Kier alpha value is -4.16. The quantitative estimate of drug-likeness (QED) is 0.374. The Morgan fingerprint density at radius 2 is 1.81 bits per heavy atom. The number of amidine groups is 1. The number of rotatable bonds is 6. The van der Waals surface area contributed by atoms with E-state index in [9.17, 15) is 26.3 Å². The van der Waals surface area contributed by atoms with Gasteiger partial charge in [0.2, 0.25) is 0 Å². The number of aliphatic imine (C=N–C) groups is 1. The summed E-state index contributed by atoms with van der Waals surface area (Å²) in [6.07, 6.45) is -6.80. The van der Waals surface area contributed by atoms with Crippen molar-refractivity contribution in [3.63, 3.8) is 0 Å². The minimum Gasteiger partial charge on any atom is -0.494 e. The maximum atomic E-state index is 13.6. The molecule has 0 saturated heterocycles. The maximum absolute atomic E-state index is 13.6. The zero-order chi connectivity index (χ0) is 26.8. The van der Waals surface area contributed by atoms with Crippen LogP contribution >= 0.6 is 0 Å². The van der Waals surface area contributed by atoms with Crippen LogP contribution in [0.5, 0.6) is 11.5 Å². The van der Waals surface area contributed by atoms with E-state index in [0.29, 0.717) is 17.1 Å². The molecule has 7 nitrogen and oxygen atoms in total. The van der Waals surface area contributed by atoms with Gasteiger partial charge in [0, 0.05) is 41.7 Å². The van der Waals surface area contributed by atoms with Gasteiger partial charge < -0.3 is 24.7 Å². The highest BCUT2D eigenvalue weighted by molar-refractivity contribution is 6.05. The number of aryl methyl sites for hydroxylation is 1. The molecule has 2 heterocycles. The molecule has 0 saturated carbocycles. The number of halogens is 6. The molecule has 0 aliphatic carbocycles. The first-order valence-corrected chi connectivity index (χ1v) is 10.8. The fourth-order valence-corrected chi connectivity index (χ4v) is 3.68. The molecule has 0 bridgehead atoms. The van der Waals surface area contributed by atoms with Crippen molar-refractivity contribution in [1.29, 1.82) is 0 Å². The Labute approximate surface area is 207 Å². The van der Waals surface area contributed by atoms with Gasteiger partial charge in [-0.1, -0.05) is 6.07 Å². The summed E-state index contributed by atoms with van der Waals surface area (Å²) in [5, 5.41) is 5.58. The molecule has 0 spiro atoms. The van der Waals surface area contributed by atoms with Crippen LogP contribution in [0.1, 0.15) is 12.1 Å². The average Bonchev–Trinajstić information content (AvgIpc) is 3.23. The van der Waals surface area contributed by atoms with Crippen molar-refractivity contribution in [2.24, 2.45) is 4.99 Å². The lowest BCUT2D eigenvalue weighted by molar-refractivity contribution is -0.274. The summed E-state index contributed by atoms with van der Waals surface area (Å²) >= 11 is 0. The Bertz CT molecular complexity index is 1330. The summed E-state index contributed by atoms with van der Waals surface area (Å²) in [5.41, 5.74) is 1.14. The summed E-state index contributed by atoms with van der Waals surface area (Å²) in [6.45, 7) is 1.83. The van der Waals surface area contributed by atoms with Crippen molar-refractivity contribution in [3.8, 4) is 17.2 Å². The van der Waals surface area contributed by atoms with E-state index in [1.54, 1.807) is 35.3 Å². The molecule has 2 N–H and O–H groups in total. The monoisotopic (exact) mass is 525 g/mol. The molecule has 0 radical (unpaired) electrons. The van der Waals surface area contributed by atoms with Crippen LogP contribution in [0.2, 0.25) is 0 Å². The Morgan fingerprint density at radius 3 is 2.46 bits per heavy atom. The van der Waals surface area contributed by atoms with Gasteiger partial charge in [-0.15, -0.1) is 13.2 Å². The van der Waals surface area contributed by atoms with E-state index in [4.69, 9.17) is 4.74 Å². The molecule has 0 fully saturated rings. The molecule has 1 aromatic heterocycles. The van der Waals surface area contributed by atoms with Crippen molar-refractivity contribution in [2.75, 3.05) is 17.7 Å². The van der Waals surface area contributed by atoms with Crippen molar-refractivity contribution in [3.05, 3.63) is 72.3 Å². The second kappa shape index (κ2) is 10.1.